The van der Waals surface area contributed by atoms with E-state index < -0.39 is 5.97 Å². The smallest absolute Gasteiger partial charge is 0.315 e. The number of amides is 2. The molecule has 110 valence electrons. The molecule has 6 nitrogen and oxygen atoms in total. The summed E-state index contributed by atoms with van der Waals surface area (Å²) in [6, 6.07) is 5.21. The van der Waals surface area contributed by atoms with Crippen molar-refractivity contribution in [2.24, 2.45) is 0 Å². The number of carboxylic acids is 1. The SMILES string of the molecule is COc1cc(Br)ccc1CNC(=O)NCCCC(=O)O. The Labute approximate surface area is 125 Å². The highest BCUT2D eigenvalue weighted by atomic mass is 79.9. The van der Waals surface area contributed by atoms with E-state index in [4.69, 9.17) is 9.84 Å². The van der Waals surface area contributed by atoms with Gasteiger partial charge in [-0.3, -0.25) is 4.79 Å². The molecule has 0 saturated carbocycles. The molecular weight excluding hydrogens is 328 g/mol. The monoisotopic (exact) mass is 344 g/mol. The average molecular weight is 345 g/mol. The minimum atomic E-state index is -0.869. The van der Waals surface area contributed by atoms with Gasteiger partial charge in [-0.15, -0.1) is 0 Å². The Balaban J connectivity index is 2.35. The molecule has 0 aromatic heterocycles. The van der Waals surface area contributed by atoms with Crippen molar-refractivity contribution >= 4 is 27.9 Å². The number of hydrogen-bond acceptors (Lipinski definition) is 3. The van der Waals surface area contributed by atoms with Crippen LogP contribution >= 0.6 is 15.9 Å². The molecule has 0 aliphatic carbocycles. The van der Waals surface area contributed by atoms with Crippen molar-refractivity contribution in [2.75, 3.05) is 13.7 Å². The van der Waals surface area contributed by atoms with E-state index in [-0.39, 0.29) is 12.5 Å². The maximum absolute atomic E-state index is 11.5. The third kappa shape index (κ3) is 5.92. The summed E-state index contributed by atoms with van der Waals surface area (Å²) in [7, 11) is 1.57. The highest BCUT2D eigenvalue weighted by Gasteiger charge is 2.06. The van der Waals surface area contributed by atoms with Gasteiger partial charge in [-0.25, -0.2) is 4.79 Å². The second kappa shape index (κ2) is 8.42. The Morgan fingerprint density at radius 3 is 2.75 bits per heavy atom. The van der Waals surface area contributed by atoms with Crippen LogP contribution in [-0.4, -0.2) is 30.8 Å². The van der Waals surface area contributed by atoms with Gasteiger partial charge in [-0.05, 0) is 18.6 Å². The van der Waals surface area contributed by atoms with Gasteiger partial charge in [0.05, 0.1) is 7.11 Å². The molecule has 1 aromatic rings. The molecular formula is C13H17BrN2O4. The van der Waals surface area contributed by atoms with Gasteiger partial charge in [0, 0.05) is 29.5 Å². The molecule has 0 atom stereocenters. The van der Waals surface area contributed by atoms with E-state index in [0.29, 0.717) is 25.3 Å². The van der Waals surface area contributed by atoms with Crippen LogP contribution in [0.25, 0.3) is 0 Å². The van der Waals surface area contributed by atoms with Crippen LogP contribution in [0.2, 0.25) is 0 Å². The lowest BCUT2D eigenvalue weighted by Crippen LogP contribution is -2.35. The van der Waals surface area contributed by atoms with Crippen LogP contribution in [0.1, 0.15) is 18.4 Å². The predicted molar refractivity (Wildman–Crippen MR) is 77.8 cm³/mol. The van der Waals surface area contributed by atoms with Crippen molar-refractivity contribution in [2.45, 2.75) is 19.4 Å². The highest BCUT2D eigenvalue weighted by Crippen LogP contribution is 2.23. The molecule has 0 heterocycles. The van der Waals surface area contributed by atoms with Crippen LogP contribution < -0.4 is 15.4 Å². The number of ether oxygens (including phenoxy) is 1. The number of benzene rings is 1. The predicted octanol–water partition coefficient (Wildman–Crippen LogP) is 2.12. The molecule has 20 heavy (non-hydrogen) atoms. The summed E-state index contributed by atoms with van der Waals surface area (Å²) in [5, 5.41) is 13.7. The molecule has 0 saturated heterocycles. The number of carboxylic acid groups (broad SMARTS) is 1. The fraction of sp³-hybridized carbons (Fsp3) is 0.385. The second-order valence-electron chi connectivity index (χ2n) is 4.06. The molecule has 0 radical (unpaired) electrons. The quantitative estimate of drug-likeness (QED) is 0.661. The van der Waals surface area contributed by atoms with E-state index in [1.807, 2.05) is 18.2 Å². The zero-order valence-corrected chi connectivity index (χ0v) is 12.7. The molecule has 0 bridgehead atoms. The van der Waals surface area contributed by atoms with E-state index in [2.05, 4.69) is 26.6 Å². The van der Waals surface area contributed by atoms with Crippen LogP contribution in [0.5, 0.6) is 5.75 Å². The van der Waals surface area contributed by atoms with Crippen molar-refractivity contribution in [1.29, 1.82) is 0 Å². The molecule has 0 unspecified atom stereocenters. The first-order valence-corrected chi connectivity index (χ1v) is 6.88. The lowest BCUT2D eigenvalue weighted by atomic mass is 10.2. The van der Waals surface area contributed by atoms with Crippen molar-refractivity contribution in [3.63, 3.8) is 0 Å². The molecule has 3 N–H and O–H groups in total. The molecule has 0 fully saturated rings. The fourth-order valence-electron chi connectivity index (χ4n) is 1.54. The van der Waals surface area contributed by atoms with E-state index >= 15 is 0 Å². The molecule has 0 spiro atoms. The number of hydrogen-bond donors (Lipinski definition) is 3. The van der Waals surface area contributed by atoms with Gasteiger partial charge in [0.2, 0.25) is 0 Å². The highest BCUT2D eigenvalue weighted by molar-refractivity contribution is 9.10. The Morgan fingerprint density at radius 1 is 1.35 bits per heavy atom. The first kappa shape index (κ1) is 16.3. The minimum absolute atomic E-state index is 0.0425. The summed E-state index contributed by atoms with van der Waals surface area (Å²) in [5.41, 5.74) is 0.858. The summed E-state index contributed by atoms with van der Waals surface area (Å²) in [4.78, 5) is 21.8. The number of urea groups is 1. The van der Waals surface area contributed by atoms with E-state index in [1.54, 1.807) is 7.11 Å². The Morgan fingerprint density at radius 2 is 2.10 bits per heavy atom. The van der Waals surface area contributed by atoms with E-state index in [0.717, 1.165) is 10.0 Å². The molecule has 1 rings (SSSR count). The minimum Gasteiger partial charge on any atom is -0.496 e. The van der Waals surface area contributed by atoms with Gasteiger partial charge in [-0.2, -0.15) is 0 Å². The van der Waals surface area contributed by atoms with Gasteiger partial charge < -0.3 is 20.5 Å². The van der Waals surface area contributed by atoms with E-state index in [1.165, 1.54) is 0 Å². The number of aliphatic carboxylic acids is 1. The zero-order valence-electron chi connectivity index (χ0n) is 11.1. The van der Waals surface area contributed by atoms with Gasteiger partial charge in [0.15, 0.2) is 0 Å². The lowest BCUT2D eigenvalue weighted by molar-refractivity contribution is -0.137. The first-order valence-electron chi connectivity index (χ1n) is 6.09. The van der Waals surface area contributed by atoms with Crippen LogP contribution in [-0.2, 0) is 11.3 Å². The molecule has 0 aliphatic heterocycles. The Hall–Kier alpha value is -1.76. The third-order valence-corrected chi connectivity index (χ3v) is 3.03. The molecule has 1 aromatic carbocycles. The van der Waals surface area contributed by atoms with E-state index in [9.17, 15) is 9.59 Å². The van der Waals surface area contributed by atoms with Crippen molar-refractivity contribution in [3.8, 4) is 5.75 Å². The summed E-state index contributed by atoms with van der Waals surface area (Å²) in [6.07, 6.45) is 0.450. The van der Waals surface area contributed by atoms with Crippen LogP contribution in [0.15, 0.2) is 22.7 Å². The molecule has 7 heteroatoms. The van der Waals surface area contributed by atoms with Gasteiger partial charge >= 0.3 is 12.0 Å². The van der Waals surface area contributed by atoms with Crippen LogP contribution in [0.4, 0.5) is 4.79 Å². The topological polar surface area (TPSA) is 87.7 Å². The fourth-order valence-corrected chi connectivity index (χ4v) is 1.88. The largest absolute Gasteiger partial charge is 0.496 e. The van der Waals surface area contributed by atoms with Crippen molar-refractivity contribution < 1.29 is 19.4 Å². The lowest BCUT2D eigenvalue weighted by Gasteiger charge is -2.11. The average Bonchev–Trinajstić information content (AvgIpc) is 2.41. The van der Waals surface area contributed by atoms with Gasteiger partial charge in [0.25, 0.3) is 0 Å². The van der Waals surface area contributed by atoms with Crippen molar-refractivity contribution in [3.05, 3.63) is 28.2 Å². The number of halogens is 1. The maximum atomic E-state index is 11.5. The Kier molecular flexibility index (Phi) is 6.86. The molecule has 2 amide bonds. The maximum Gasteiger partial charge on any atom is 0.315 e. The number of carbonyl (C=O) groups is 2. The normalized spacial score (nSPS) is 9.90. The first-order chi connectivity index (χ1) is 9.52. The number of nitrogens with one attached hydrogen (secondary N) is 2. The van der Waals surface area contributed by atoms with Crippen LogP contribution in [0, 0.1) is 0 Å². The van der Waals surface area contributed by atoms with Gasteiger partial charge in [-0.1, -0.05) is 22.0 Å². The number of rotatable bonds is 7. The zero-order chi connectivity index (χ0) is 15.0. The second-order valence-corrected chi connectivity index (χ2v) is 4.98. The Bertz CT molecular complexity index is 479. The summed E-state index contributed by atoms with van der Waals surface area (Å²) in [5.74, 6) is -0.183. The third-order valence-electron chi connectivity index (χ3n) is 2.54. The summed E-state index contributed by atoms with van der Waals surface area (Å²) < 4.78 is 6.12. The summed E-state index contributed by atoms with van der Waals surface area (Å²) >= 11 is 3.34. The number of methoxy groups -OCH3 is 1. The van der Waals surface area contributed by atoms with Gasteiger partial charge in [0.1, 0.15) is 5.75 Å². The standard InChI is InChI=1S/C13H17BrN2O4/c1-20-11-7-10(14)5-4-9(11)8-16-13(19)15-6-2-3-12(17)18/h4-5,7H,2-3,6,8H2,1H3,(H,17,18)(H2,15,16,19). The summed E-state index contributed by atoms with van der Waals surface area (Å²) in [6.45, 7) is 0.664. The number of carbonyl (C=O) groups excluding carboxylic acids is 1. The molecule has 0 aliphatic rings. The van der Waals surface area contributed by atoms with Crippen LogP contribution in [0.3, 0.4) is 0 Å². The van der Waals surface area contributed by atoms with Crippen molar-refractivity contribution in [1.82, 2.24) is 10.6 Å².